The van der Waals surface area contributed by atoms with Crippen molar-refractivity contribution >= 4 is 112 Å². The van der Waals surface area contributed by atoms with Crippen molar-refractivity contribution in [3.8, 4) is 38.8 Å². The van der Waals surface area contributed by atoms with Crippen LogP contribution in [0.1, 0.15) is 116 Å². The van der Waals surface area contributed by atoms with Crippen LogP contribution in [0.25, 0.3) is 82.4 Å². The van der Waals surface area contributed by atoms with Crippen LogP contribution < -0.4 is 43.3 Å². The van der Waals surface area contributed by atoms with Gasteiger partial charge in [-0.1, -0.05) is 134 Å². The number of nitrogens with zero attached hydrogens (tertiary/aromatic N) is 13. The summed E-state index contributed by atoms with van der Waals surface area (Å²) in [6.07, 6.45) is 10.2. The smallest absolute Gasteiger partial charge is 0.373 e. The second kappa shape index (κ2) is 36.3. The standard InChI is InChI=1S/C34H34N6O5S.C29H24N6O2S.C26H22ClN5O2.CO2/c1-22(37-33(41)31-32(35)36-20-27(38-31)24-9-6-8-23(18-24)21-46(2,43)44)29-19-25-10-7-13-28(39-14-16-45-17-15-39)30(25)34(42)40(29)26-11-4-3-5-12-26;1-17(32-28(36)24-18(2)33-34-14-8-13-30-27(24)34)23-15-20-9-7-12-22(26-19(3)31-16-38-26)25(20)29(37)35(23)21-10-5-4-6-11-21;1-3-20(29-25(33)22-16(2)30-31-14-8-13-28-24(22)31)21-15-17-9-7-12-19(27)23(17)26(34)32(21)18-10-5-4-6-11-18;2-1-3/h3-13,18-20,22H,14-17,21H2,1-2H3,(H2,35,36)(H,37,41);4-17H,1-3H3,(H,32,36);4-15,20H,3H2,1-2H3,(H,29,33);/t22-;17-;20-;/m000./s1. The minimum Gasteiger partial charge on any atom is -0.382 e. The van der Waals surface area contributed by atoms with Crippen molar-refractivity contribution in [2.24, 2.45) is 0 Å². The minimum atomic E-state index is -3.25. The normalized spacial score (nSPS) is 12.7. The van der Waals surface area contributed by atoms with Gasteiger partial charge in [0.1, 0.15) is 11.1 Å². The molecule has 0 radical (unpaired) electrons. The van der Waals surface area contributed by atoms with Crippen molar-refractivity contribution in [3.63, 3.8) is 0 Å². The van der Waals surface area contributed by atoms with Gasteiger partial charge in [-0.05, 0) is 148 Å². The van der Waals surface area contributed by atoms with Crippen LogP contribution in [0.4, 0.5) is 11.5 Å². The van der Waals surface area contributed by atoms with E-state index in [2.05, 4.69) is 56.0 Å². The van der Waals surface area contributed by atoms with E-state index in [1.54, 1.807) is 116 Å². The summed E-state index contributed by atoms with van der Waals surface area (Å²) in [5.74, 6) is -1.35. The molecular weight excluding hydrogens is 1590 g/mol. The van der Waals surface area contributed by atoms with Gasteiger partial charge >= 0.3 is 6.15 Å². The summed E-state index contributed by atoms with van der Waals surface area (Å²) in [6.45, 7) is 13.7. The molecule has 31 heteroatoms. The molecule has 0 unspecified atom stereocenters. The van der Waals surface area contributed by atoms with Crippen LogP contribution in [0.15, 0.2) is 251 Å². The van der Waals surface area contributed by atoms with E-state index in [4.69, 9.17) is 31.7 Å². The molecule has 610 valence electrons. The zero-order valence-electron chi connectivity index (χ0n) is 66.6. The molecule has 5 N–H and O–H groups in total. The van der Waals surface area contributed by atoms with Gasteiger partial charge in [-0.2, -0.15) is 19.8 Å². The van der Waals surface area contributed by atoms with Gasteiger partial charge in [0.2, 0.25) is 0 Å². The molecule has 16 aromatic rings. The molecule has 1 aliphatic rings. The number of sulfone groups is 1. The van der Waals surface area contributed by atoms with Crippen molar-refractivity contribution < 1.29 is 37.1 Å². The number of nitrogen functional groups attached to an aromatic ring is 1. The molecule has 3 amide bonds. The van der Waals surface area contributed by atoms with Gasteiger partial charge in [-0.15, -0.1) is 11.3 Å². The lowest BCUT2D eigenvalue weighted by atomic mass is 10.0. The number of halogens is 1. The fourth-order valence-electron chi connectivity index (χ4n) is 15.0. The lowest BCUT2D eigenvalue weighted by Gasteiger charge is -2.30. The van der Waals surface area contributed by atoms with Crippen LogP contribution in [0.3, 0.4) is 0 Å². The highest BCUT2D eigenvalue weighted by Crippen LogP contribution is 2.36. The highest BCUT2D eigenvalue weighted by molar-refractivity contribution is 7.89. The number of hydrogen-bond acceptors (Lipinski definition) is 21. The van der Waals surface area contributed by atoms with E-state index in [9.17, 15) is 37.2 Å². The van der Waals surface area contributed by atoms with E-state index in [0.717, 1.165) is 43.7 Å². The first-order valence-electron chi connectivity index (χ1n) is 38.5. The number of carbonyl (C=O) groups excluding carboxylic acids is 5. The number of amides is 3. The SMILES string of the molecule is CC[C@H](NC(=O)c1c(C)nn2cccnc12)c1cc2cccc(Cl)c2c(=O)n1-c1ccccc1.C[C@H](NC(=O)c1nc(-c2cccc(CS(C)(=O)=O)c2)cnc1N)c1cc2cccc(N3CCOCC3)c2c(=O)n1-c1ccccc1.Cc1ncsc1-c1cccc2cc([C@H](C)NC(=O)c3c(C)nn4cccnc34)n(-c3ccccc3)c(=O)c12.O=C=O. The largest absolute Gasteiger partial charge is 0.382 e. The second-order valence-electron chi connectivity index (χ2n) is 28.6. The molecule has 1 saturated heterocycles. The molecular formula is C90H80ClN17O11S2. The van der Waals surface area contributed by atoms with Crippen LogP contribution in [-0.4, -0.2) is 123 Å². The van der Waals surface area contributed by atoms with Gasteiger partial charge in [0.05, 0.1) is 103 Å². The number of carbonyl (C=O) groups is 3. The third kappa shape index (κ3) is 17.7. The maximum atomic E-state index is 14.4. The van der Waals surface area contributed by atoms with Crippen LogP contribution in [-0.2, 0) is 29.9 Å². The molecule has 17 rings (SSSR count). The molecule has 0 saturated carbocycles. The van der Waals surface area contributed by atoms with Crippen molar-refractivity contribution in [3.05, 3.63) is 329 Å². The Morgan fingerprint density at radius 2 is 1.06 bits per heavy atom. The van der Waals surface area contributed by atoms with Gasteiger partial charge in [-0.3, -0.25) is 42.5 Å². The van der Waals surface area contributed by atoms with E-state index >= 15 is 0 Å². The quantitative estimate of drug-likeness (QED) is 0.0620. The number of anilines is 2. The Balaban J connectivity index is 0.000000148. The number of thiazole rings is 1. The third-order valence-electron chi connectivity index (χ3n) is 20.5. The number of ether oxygens (including phenoxy) is 1. The lowest BCUT2D eigenvalue weighted by Crippen LogP contribution is -2.37. The minimum absolute atomic E-state index is 0.0603. The predicted molar refractivity (Wildman–Crippen MR) is 466 cm³/mol. The van der Waals surface area contributed by atoms with E-state index in [1.165, 1.54) is 23.8 Å². The van der Waals surface area contributed by atoms with Crippen LogP contribution in [0, 0.1) is 20.8 Å². The van der Waals surface area contributed by atoms with E-state index in [-0.39, 0.29) is 51.9 Å². The Kier molecular flexibility index (Phi) is 25.0. The molecule has 0 bridgehead atoms. The van der Waals surface area contributed by atoms with Gasteiger partial charge in [0.15, 0.2) is 32.6 Å². The molecule has 0 aliphatic carbocycles. The topological polar surface area (TPSA) is 359 Å². The number of nitrogens with two attached hydrogens (primary N) is 1. The monoisotopic (exact) mass is 1670 g/mol. The number of fused-ring (bicyclic) bond motifs is 5. The van der Waals surface area contributed by atoms with Crippen LogP contribution in [0.5, 0.6) is 0 Å². The fourth-order valence-corrected chi connectivity index (χ4v) is 16.9. The summed E-state index contributed by atoms with van der Waals surface area (Å²) >= 11 is 7.93. The highest BCUT2D eigenvalue weighted by atomic mass is 35.5. The fraction of sp³-hybridized carbons (Fsp3) is 0.178. The molecule has 1 aliphatic heterocycles. The number of aromatic nitrogens is 12. The molecule has 28 nitrogen and oxygen atoms in total. The van der Waals surface area contributed by atoms with E-state index in [1.807, 2.05) is 178 Å². The van der Waals surface area contributed by atoms with Gasteiger partial charge < -0.3 is 31.3 Å². The summed E-state index contributed by atoms with van der Waals surface area (Å²) in [5, 5.41) is 22.3. The van der Waals surface area contributed by atoms with Gasteiger partial charge in [0, 0.05) is 89.4 Å². The van der Waals surface area contributed by atoms with Crippen molar-refractivity contribution in [1.29, 1.82) is 0 Å². The Bertz CT molecular complexity index is 6990. The first kappa shape index (κ1) is 83.2. The predicted octanol–water partition coefficient (Wildman–Crippen LogP) is 13.5. The maximum Gasteiger partial charge on any atom is 0.373 e. The van der Waals surface area contributed by atoms with Gasteiger partial charge in [0.25, 0.3) is 34.4 Å². The number of nitrogens with one attached hydrogen (secondary N) is 3. The van der Waals surface area contributed by atoms with Crippen molar-refractivity contribution in [2.45, 2.75) is 71.8 Å². The number of pyridine rings is 3. The number of benzene rings is 7. The van der Waals surface area contributed by atoms with Crippen LogP contribution in [0.2, 0.25) is 5.02 Å². The first-order valence-corrected chi connectivity index (χ1v) is 41.8. The molecule has 121 heavy (non-hydrogen) atoms. The second-order valence-corrected chi connectivity index (χ2v) is 32.0. The Morgan fingerprint density at radius 1 is 0.570 bits per heavy atom. The summed E-state index contributed by atoms with van der Waals surface area (Å²) in [6, 6.07) is 59.8. The zero-order chi connectivity index (χ0) is 85.3. The Labute approximate surface area is 701 Å². The number of morpholine rings is 1. The molecule has 9 aromatic heterocycles. The van der Waals surface area contributed by atoms with E-state index < -0.39 is 33.9 Å². The maximum absolute atomic E-state index is 14.4. The first-order chi connectivity index (χ1) is 58.4. The molecule has 3 atom stereocenters. The average molecular weight is 1680 g/mol. The number of aryl methyl sites for hydroxylation is 3. The number of para-hydroxylation sites is 3. The molecule has 10 heterocycles. The Hall–Kier alpha value is -14.3. The third-order valence-corrected chi connectivity index (χ3v) is 22.6. The summed E-state index contributed by atoms with van der Waals surface area (Å²) in [7, 11) is -3.25. The lowest BCUT2D eigenvalue weighted by molar-refractivity contribution is -0.191. The summed E-state index contributed by atoms with van der Waals surface area (Å²) in [4.78, 5) is 124. The Morgan fingerprint density at radius 3 is 1.60 bits per heavy atom. The van der Waals surface area contributed by atoms with Crippen LogP contribution >= 0.6 is 22.9 Å². The van der Waals surface area contributed by atoms with Crippen molar-refractivity contribution in [1.82, 2.24) is 73.8 Å². The molecule has 7 aromatic carbocycles. The van der Waals surface area contributed by atoms with E-state index in [0.29, 0.717) is 133 Å². The van der Waals surface area contributed by atoms with Crippen molar-refractivity contribution in [2.75, 3.05) is 43.2 Å². The molecule has 1 fully saturated rings. The molecule has 0 spiro atoms. The summed E-state index contributed by atoms with van der Waals surface area (Å²) in [5.41, 5.74) is 18.3. The zero-order valence-corrected chi connectivity index (χ0v) is 69.0. The summed E-state index contributed by atoms with van der Waals surface area (Å²) < 4.78 is 37.3. The average Bonchev–Trinajstić information content (AvgIpc) is 1.27. The highest BCUT2D eigenvalue weighted by Gasteiger charge is 2.30. The number of rotatable bonds is 18. The van der Waals surface area contributed by atoms with Gasteiger partial charge in [-0.25, -0.2) is 42.4 Å². The number of hydrogen-bond donors (Lipinski definition) is 4.